The Morgan fingerprint density at radius 2 is 1.56 bits per heavy atom. The number of rotatable bonds is 17. The van der Waals surface area contributed by atoms with Crippen molar-refractivity contribution in [3.05, 3.63) is 54.1 Å². The van der Waals surface area contributed by atoms with Gasteiger partial charge in [0.2, 0.25) is 17.7 Å². The summed E-state index contributed by atoms with van der Waals surface area (Å²) < 4.78 is 0. The van der Waals surface area contributed by atoms with Crippen molar-refractivity contribution in [1.29, 1.82) is 0 Å². The van der Waals surface area contributed by atoms with Crippen LogP contribution in [0.4, 0.5) is 0 Å². The van der Waals surface area contributed by atoms with Crippen LogP contribution in [0.15, 0.2) is 42.9 Å². The van der Waals surface area contributed by atoms with E-state index in [4.69, 9.17) is 11.5 Å². The number of nitrogens with two attached hydrogens (primary N) is 2. The van der Waals surface area contributed by atoms with Gasteiger partial charge in [0.05, 0.1) is 12.4 Å². The molecule has 0 aliphatic carbocycles. The molecule has 214 valence electrons. The minimum absolute atomic E-state index is 0.00183. The van der Waals surface area contributed by atoms with Crippen molar-refractivity contribution < 1.29 is 24.3 Å². The highest BCUT2D eigenvalue weighted by Gasteiger charge is 2.31. The van der Waals surface area contributed by atoms with Gasteiger partial charge in [-0.2, -0.15) is 0 Å². The SMILES string of the molecule is CC(C)CC(NC(=O)C(Cc1ccccc1)NC(=O)C(N)CCCCN)C(=O)NC(Cc1cnc[nH]1)C(=O)O. The molecule has 0 saturated heterocycles. The molecule has 12 nitrogen and oxygen atoms in total. The van der Waals surface area contributed by atoms with Crippen LogP contribution in [0.5, 0.6) is 0 Å². The Kier molecular flexibility index (Phi) is 13.1. The molecule has 4 atom stereocenters. The monoisotopic (exact) mass is 543 g/mol. The zero-order chi connectivity index (χ0) is 28.8. The number of hydrogen-bond donors (Lipinski definition) is 7. The second kappa shape index (κ2) is 16.2. The number of unbranched alkanes of at least 4 members (excludes halogenated alkanes) is 1. The van der Waals surface area contributed by atoms with Crippen molar-refractivity contribution >= 4 is 23.7 Å². The average molecular weight is 544 g/mol. The molecule has 0 saturated carbocycles. The number of nitrogens with zero attached hydrogens (tertiary/aromatic N) is 1. The maximum Gasteiger partial charge on any atom is 0.326 e. The van der Waals surface area contributed by atoms with Crippen molar-refractivity contribution in [2.75, 3.05) is 6.54 Å². The molecule has 39 heavy (non-hydrogen) atoms. The molecule has 9 N–H and O–H groups in total. The zero-order valence-corrected chi connectivity index (χ0v) is 22.6. The van der Waals surface area contributed by atoms with E-state index in [1.807, 2.05) is 44.2 Å². The number of hydrogen-bond acceptors (Lipinski definition) is 7. The van der Waals surface area contributed by atoms with Gasteiger partial charge in [-0.3, -0.25) is 14.4 Å². The summed E-state index contributed by atoms with van der Waals surface area (Å²) in [5, 5.41) is 17.6. The van der Waals surface area contributed by atoms with Gasteiger partial charge in [0.25, 0.3) is 0 Å². The molecule has 1 aromatic heterocycles. The Labute approximate surface area is 228 Å². The van der Waals surface area contributed by atoms with E-state index in [-0.39, 0.29) is 25.2 Å². The topological polar surface area (TPSA) is 205 Å². The molecular formula is C27H41N7O5. The maximum atomic E-state index is 13.4. The average Bonchev–Trinajstić information content (AvgIpc) is 3.41. The van der Waals surface area contributed by atoms with Gasteiger partial charge in [-0.1, -0.05) is 50.6 Å². The Bertz CT molecular complexity index is 1050. The highest BCUT2D eigenvalue weighted by Crippen LogP contribution is 2.10. The highest BCUT2D eigenvalue weighted by atomic mass is 16.4. The second-order valence-electron chi connectivity index (χ2n) is 10.0. The standard InChI is InChI=1S/C27H41N7O5/c1-17(2)12-21(25(36)34-23(27(38)39)14-19-15-30-16-31-19)33-26(37)22(13-18-8-4-3-5-9-18)32-24(35)20(29)10-6-7-11-28/h3-5,8-9,15-17,20-23H,6-7,10-14,28-29H2,1-2H3,(H,30,31)(H,32,35)(H,33,37)(H,34,36)(H,38,39). The predicted molar refractivity (Wildman–Crippen MR) is 146 cm³/mol. The van der Waals surface area contributed by atoms with Crippen LogP contribution in [0.2, 0.25) is 0 Å². The largest absolute Gasteiger partial charge is 0.480 e. The third kappa shape index (κ3) is 11.2. The molecule has 0 aliphatic heterocycles. The number of nitrogens with one attached hydrogen (secondary N) is 4. The second-order valence-corrected chi connectivity index (χ2v) is 10.0. The molecule has 0 aliphatic rings. The van der Waals surface area contributed by atoms with E-state index in [2.05, 4.69) is 25.9 Å². The third-order valence-electron chi connectivity index (χ3n) is 6.16. The molecule has 0 fully saturated rings. The van der Waals surface area contributed by atoms with Crippen LogP contribution in [-0.4, -0.2) is 69.5 Å². The van der Waals surface area contributed by atoms with Crippen LogP contribution in [0, 0.1) is 5.92 Å². The molecule has 4 unspecified atom stereocenters. The van der Waals surface area contributed by atoms with Crippen LogP contribution in [0.25, 0.3) is 0 Å². The summed E-state index contributed by atoms with van der Waals surface area (Å²) >= 11 is 0. The van der Waals surface area contributed by atoms with Crippen molar-refractivity contribution in [2.24, 2.45) is 17.4 Å². The van der Waals surface area contributed by atoms with Gasteiger partial charge in [-0.05, 0) is 37.3 Å². The summed E-state index contributed by atoms with van der Waals surface area (Å²) in [6.07, 6.45) is 5.18. The van der Waals surface area contributed by atoms with E-state index in [1.165, 1.54) is 12.5 Å². The summed E-state index contributed by atoms with van der Waals surface area (Å²) in [7, 11) is 0. The summed E-state index contributed by atoms with van der Waals surface area (Å²) in [5.74, 6) is -2.88. The van der Waals surface area contributed by atoms with E-state index in [1.54, 1.807) is 0 Å². The van der Waals surface area contributed by atoms with Gasteiger partial charge in [-0.25, -0.2) is 9.78 Å². The van der Waals surface area contributed by atoms with Crippen LogP contribution in [0.1, 0.15) is 50.8 Å². The van der Waals surface area contributed by atoms with Crippen LogP contribution in [0.3, 0.4) is 0 Å². The normalized spacial score (nSPS) is 14.2. The van der Waals surface area contributed by atoms with Gasteiger partial charge in [0, 0.05) is 24.7 Å². The lowest BCUT2D eigenvalue weighted by Crippen LogP contribution is -2.58. The van der Waals surface area contributed by atoms with Gasteiger partial charge in [0.1, 0.15) is 18.1 Å². The molecular weight excluding hydrogens is 502 g/mol. The van der Waals surface area contributed by atoms with Crippen molar-refractivity contribution in [3.8, 4) is 0 Å². The summed E-state index contributed by atoms with van der Waals surface area (Å²) in [4.78, 5) is 57.9. The quantitative estimate of drug-likeness (QED) is 0.137. The van der Waals surface area contributed by atoms with Crippen LogP contribution >= 0.6 is 0 Å². The maximum absolute atomic E-state index is 13.4. The third-order valence-corrected chi connectivity index (χ3v) is 6.16. The number of amides is 3. The Morgan fingerprint density at radius 3 is 2.15 bits per heavy atom. The summed E-state index contributed by atoms with van der Waals surface area (Å²) in [5.41, 5.74) is 12.9. The lowest BCUT2D eigenvalue weighted by atomic mass is 10.00. The van der Waals surface area contributed by atoms with Crippen LogP contribution in [-0.2, 0) is 32.0 Å². The molecule has 0 radical (unpaired) electrons. The first kappa shape index (κ1) is 31.4. The smallest absolute Gasteiger partial charge is 0.326 e. The number of aromatic nitrogens is 2. The van der Waals surface area contributed by atoms with Crippen molar-refractivity contribution in [2.45, 2.75) is 76.5 Å². The van der Waals surface area contributed by atoms with Gasteiger partial charge in [0.15, 0.2) is 0 Å². The van der Waals surface area contributed by atoms with Crippen molar-refractivity contribution in [3.63, 3.8) is 0 Å². The first-order chi connectivity index (χ1) is 18.6. The number of benzene rings is 1. The molecule has 12 heteroatoms. The number of aromatic amines is 1. The Hall–Kier alpha value is -3.77. The number of imidazole rings is 1. The van der Waals surface area contributed by atoms with E-state index >= 15 is 0 Å². The fourth-order valence-corrected chi connectivity index (χ4v) is 4.04. The molecule has 1 heterocycles. The van der Waals surface area contributed by atoms with E-state index in [0.717, 1.165) is 12.0 Å². The van der Waals surface area contributed by atoms with Crippen LogP contribution < -0.4 is 27.4 Å². The Morgan fingerprint density at radius 1 is 0.923 bits per heavy atom. The number of carbonyl (C=O) groups is 4. The number of H-pyrrole nitrogens is 1. The molecule has 3 amide bonds. The first-order valence-corrected chi connectivity index (χ1v) is 13.2. The van der Waals surface area contributed by atoms with Gasteiger partial charge in [-0.15, -0.1) is 0 Å². The van der Waals surface area contributed by atoms with E-state index in [0.29, 0.717) is 25.1 Å². The van der Waals surface area contributed by atoms with Gasteiger partial charge < -0.3 is 37.5 Å². The number of carboxylic acids is 1. The molecule has 0 spiro atoms. The lowest BCUT2D eigenvalue weighted by molar-refractivity contribution is -0.142. The summed E-state index contributed by atoms with van der Waals surface area (Å²) in [6, 6.07) is 5.11. The molecule has 2 rings (SSSR count). The van der Waals surface area contributed by atoms with Crippen molar-refractivity contribution in [1.82, 2.24) is 25.9 Å². The van der Waals surface area contributed by atoms with E-state index < -0.39 is 47.9 Å². The summed E-state index contributed by atoms with van der Waals surface area (Å²) in [6.45, 7) is 4.27. The number of aliphatic carboxylic acids is 1. The first-order valence-electron chi connectivity index (χ1n) is 13.2. The minimum Gasteiger partial charge on any atom is -0.480 e. The highest BCUT2D eigenvalue weighted by molar-refractivity contribution is 5.94. The minimum atomic E-state index is -1.23. The Balaban J connectivity index is 2.17. The fourth-order valence-electron chi connectivity index (χ4n) is 4.04. The number of carboxylic acid groups (broad SMARTS) is 1. The van der Waals surface area contributed by atoms with E-state index in [9.17, 15) is 24.3 Å². The molecule has 0 bridgehead atoms. The molecule has 1 aromatic carbocycles. The number of carbonyl (C=O) groups excluding carboxylic acids is 3. The van der Waals surface area contributed by atoms with Gasteiger partial charge >= 0.3 is 5.97 Å². The predicted octanol–water partition coefficient (Wildman–Crippen LogP) is 0.236. The lowest BCUT2D eigenvalue weighted by Gasteiger charge is -2.26. The zero-order valence-electron chi connectivity index (χ0n) is 22.6. The fraction of sp³-hybridized carbons (Fsp3) is 0.519. The molecule has 2 aromatic rings.